The van der Waals surface area contributed by atoms with Gasteiger partial charge >= 0.3 is 24.5 Å². The highest BCUT2D eigenvalue weighted by Gasteiger charge is 2.43. The molecule has 3 aromatic rings. The number of benzene rings is 3. The highest BCUT2D eigenvalue weighted by molar-refractivity contribution is 5.92. The first-order valence-corrected chi connectivity index (χ1v) is 10.8. The number of carboxylic acids is 1. The predicted octanol–water partition coefficient (Wildman–Crippen LogP) is 5.41. The van der Waals surface area contributed by atoms with Crippen molar-refractivity contribution in [3.05, 3.63) is 89.0 Å². The third-order valence-corrected chi connectivity index (χ3v) is 5.14. The summed E-state index contributed by atoms with van der Waals surface area (Å²) < 4.78 is 59.6. The van der Waals surface area contributed by atoms with Crippen molar-refractivity contribution >= 4 is 29.4 Å². The number of alkyl halides is 4. The van der Waals surface area contributed by atoms with Crippen molar-refractivity contribution in [1.82, 2.24) is 0 Å². The summed E-state index contributed by atoms with van der Waals surface area (Å²) >= 11 is 0. The molecule has 3 aromatic carbocycles. The first-order valence-electron chi connectivity index (χ1n) is 10.8. The average Bonchev–Trinajstić information content (AvgIpc) is 2.83. The van der Waals surface area contributed by atoms with Crippen molar-refractivity contribution in [2.75, 3.05) is 11.5 Å². The zero-order chi connectivity index (χ0) is 27.2. The molecule has 0 saturated heterocycles. The zero-order valence-electron chi connectivity index (χ0n) is 19.2. The van der Waals surface area contributed by atoms with E-state index in [1.165, 1.54) is 18.2 Å². The van der Waals surface area contributed by atoms with Crippen LogP contribution in [0.25, 0.3) is 6.08 Å². The van der Waals surface area contributed by atoms with Crippen LogP contribution in [0.4, 0.5) is 28.9 Å². The molecule has 3 rings (SSSR count). The summed E-state index contributed by atoms with van der Waals surface area (Å²) in [6.45, 7) is 0. The van der Waals surface area contributed by atoms with Gasteiger partial charge in [-0.3, -0.25) is 0 Å². The van der Waals surface area contributed by atoms with Crippen molar-refractivity contribution in [1.29, 1.82) is 0 Å². The van der Waals surface area contributed by atoms with Crippen LogP contribution in [0.1, 0.15) is 27.9 Å². The lowest BCUT2D eigenvalue weighted by Crippen LogP contribution is -2.33. The number of rotatable bonds is 10. The Kier molecular flexibility index (Phi) is 8.38. The monoisotopic (exact) mass is 518 g/mol. The topological polar surface area (TPSA) is 125 Å². The smallest absolute Gasteiger partial charge is 0.461 e. The molecule has 37 heavy (non-hydrogen) atoms. The number of nitrogens with two attached hydrogens (primary N) is 2. The molecule has 0 bridgehead atoms. The van der Waals surface area contributed by atoms with Crippen LogP contribution in [0.3, 0.4) is 0 Å². The number of aliphatic carboxylic acids is 1. The van der Waals surface area contributed by atoms with Crippen LogP contribution in [0.5, 0.6) is 11.5 Å². The summed E-state index contributed by atoms with van der Waals surface area (Å²) in [5, 5.41) is 9.56. The van der Waals surface area contributed by atoms with E-state index < -0.39 is 30.2 Å². The molecule has 194 valence electrons. The largest absolute Gasteiger partial charge is 0.478 e. The van der Waals surface area contributed by atoms with E-state index in [1.807, 2.05) is 0 Å². The number of carbonyl (C=O) groups excluding carboxylic acids is 1. The summed E-state index contributed by atoms with van der Waals surface area (Å²) in [6, 6.07) is 15.1. The minimum absolute atomic E-state index is 0.0354. The molecule has 5 N–H and O–H groups in total. The van der Waals surface area contributed by atoms with Gasteiger partial charge in [-0.15, -0.1) is 0 Å². The van der Waals surface area contributed by atoms with Gasteiger partial charge in [0.2, 0.25) is 0 Å². The highest BCUT2D eigenvalue weighted by atomic mass is 19.3. The SMILES string of the molecule is Nc1ccc(CCC(=Cc2ccc(OC(=O)c3ccc(OC(F)(F)C(F)F)cc3)cc2)C(=O)O)c(N)c1. The molecule has 0 aromatic heterocycles. The van der Waals surface area contributed by atoms with E-state index in [1.54, 1.807) is 30.3 Å². The van der Waals surface area contributed by atoms with Crippen molar-refractivity contribution in [3.63, 3.8) is 0 Å². The maximum Gasteiger partial charge on any atom is 0.461 e. The van der Waals surface area contributed by atoms with Crippen molar-refractivity contribution in [3.8, 4) is 11.5 Å². The predicted molar refractivity (Wildman–Crippen MR) is 129 cm³/mol. The Morgan fingerprint density at radius 1 is 0.946 bits per heavy atom. The molecule has 0 aliphatic rings. The number of hydrogen-bond donors (Lipinski definition) is 3. The Morgan fingerprint density at radius 3 is 2.14 bits per heavy atom. The fourth-order valence-corrected chi connectivity index (χ4v) is 3.21. The number of esters is 1. The van der Waals surface area contributed by atoms with Gasteiger partial charge in [-0.2, -0.15) is 17.6 Å². The molecule has 0 saturated carbocycles. The maximum absolute atomic E-state index is 13.0. The minimum atomic E-state index is -4.66. The third kappa shape index (κ3) is 7.47. The standard InChI is InChI=1S/C26H22F4N2O5/c27-25(28)26(29,30)37-21-11-6-17(7-12-21)24(35)36-20-9-1-15(2-10-20)13-18(23(33)34)4-3-16-5-8-19(31)14-22(16)32/h1-2,5-14,25H,3-4,31-32H2,(H,33,34). The molecular formula is C26H22F4N2O5. The van der Waals surface area contributed by atoms with E-state index in [2.05, 4.69) is 4.74 Å². The van der Waals surface area contributed by atoms with Gasteiger partial charge in [-0.05, 0) is 78.6 Å². The zero-order valence-corrected chi connectivity index (χ0v) is 19.2. The van der Waals surface area contributed by atoms with E-state index in [-0.39, 0.29) is 23.3 Å². The van der Waals surface area contributed by atoms with Crippen molar-refractivity contribution < 1.29 is 41.7 Å². The number of halogens is 4. The molecule has 0 fully saturated rings. The second kappa shape index (κ2) is 11.5. The number of anilines is 2. The Morgan fingerprint density at radius 2 is 1.57 bits per heavy atom. The molecule has 11 heteroatoms. The number of carboxylic acid groups (broad SMARTS) is 1. The summed E-state index contributed by atoms with van der Waals surface area (Å²) in [5.74, 6) is -2.34. The first-order chi connectivity index (χ1) is 17.4. The fourth-order valence-electron chi connectivity index (χ4n) is 3.21. The van der Waals surface area contributed by atoms with Crippen LogP contribution in [0, 0.1) is 0 Å². The number of nitrogen functional groups attached to an aromatic ring is 2. The molecular weight excluding hydrogens is 496 g/mol. The van der Waals surface area contributed by atoms with E-state index in [4.69, 9.17) is 16.2 Å². The van der Waals surface area contributed by atoms with Gasteiger partial charge in [0.15, 0.2) is 0 Å². The molecule has 0 aliphatic carbocycles. The lowest BCUT2D eigenvalue weighted by Gasteiger charge is -2.16. The van der Waals surface area contributed by atoms with Gasteiger partial charge in [0.05, 0.1) is 5.56 Å². The van der Waals surface area contributed by atoms with Crippen molar-refractivity contribution in [2.45, 2.75) is 25.4 Å². The third-order valence-electron chi connectivity index (χ3n) is 5.14. The van der Waals surface area contributed by atoms with Crippen LogP contribution in [-0.4, -0.2) is 29.6 Å². The number of hydrogen-bond acceptors (Lipinski definition) is 6. The lowest BCUT2D eigenvalue weighted by atomic mass is 10.0. The van der Waals surface area contributed by atoms with Gasteiger partial charge in [-0.1, -0.05) is 18.2 Å². The van der Waals surface area contributed by atoms with Gasteiger partial charge in [0.1, 0.15) is 11.5 Å². The van der Waals surface area contributed by atoms with Crippen LogP contribution < -0.4 is 20.9 Å². The first kappa shape index (κ1) is 27.1. The van der Waals surface area contributed by atoms with Gasteiger partial charge in [-0.25, -0.2) is 9.59 Å². The fraction of sp³-hybridized carbons (Fsp3) is 0.154. The second-order valence-electron chi connectivity index (χ2n) is 7.88. The lowest BCUT2D eigenvalue weighted by molar-refractivity contribution is -0.253. The normalized spacial score (nSPS) is 11.9. The quantitative estimate of drug-likeness (QED) is 0.108. The highest BCUT2D eigenvalue weighted by Crippen LogP contribution is 2.28. The second-order valence-corrected chi connectivity index (χ2v) is 7.88. The summed E-state index contributed by atoms with van der Waals surface area (Å²) in [4.78, 5) is 24.0. The molecule has 0 unspecified atom stereocenters. The molecule has 0 amide bonds. The molecule has 0 spiro atoms. The Balaban J connectivity index is 1.63. The number of aryl methyl sites for hydroxylation is 1. The van der Waals surface area contributed by atoms with E-state index >= 15 is 0 Å². The summed E-state index contributed by atoms with van der Waals surface area (Å²) in [6.07, 6.45) is -6.59. The number of ether oxygens (including phenoxy) is 2. The van der Waals surface area contributed by atoms with Crippen molar-refractivity contribution in [2.24, 2.45) is 0 Å². The summed E-state index contributed by atoms with van der Waals surface area (Å²) in [7, 11) is 0. The van der Waals surface area contributed by atoms with E-state index in [9.17, 15) is 32.3 Å². The average molecular weight is 518 g/mol. The molecule has 0 aliphatic heterocycles. The molecule has 0 radical (unpaired) electrons. The summed E-state index contributed by atoms with van der Waals surface area (Å²) in [5.41, 5.74) is 14.0. The minimum Gasteiger partial charge on any atom is -0.478 e. The van der Waals surface area contributed by atoms with Gasteiger partial charge < -0.3 is 26.0 Å². The Hall–Kier alpha value is -4.54. The van der Waals surface area contributed by atoms with Crippen LogP contribution in [0.15, 0.2) is 72.3 Å². The van der Waals surface area contributed by atoms with Crippen LogP contribution >= 0.6 is 0 Å². The maximum atomic E-state index is 13.0. The Bertz CT molecular complexity index is 1290. The van der Waals surface area contributed by atoms with Crippen LogP contribution in [0.2, 0.25) is 0 Å². The number of carbonyl (C=O) groups is 2. The van der Waals surface area contributed by atoms with E-state index in [0.717, 1.165) is 29.8 Å². The van der Waals surface area contributed by atoms with Gasteiger partial charge in [0, 0.05) is 16.9 Å². The Labute approximate surface area is 208 Å². The molecule has 7 nitrogen and oxygen atoms in total. The molecule has 0 atom stereocenters. The van der Waals surface area contributed by atoms with Crippen LogP contribution in [-0.2, 0) is 11.2 Å². The molecule has 0 heterocycles. The van der Waals surface area contributed by atoms with E-state index in [0.29, 0.717) is 23.4 Å². The van der Waals surface area contributed by atoms with Gasteiger partial charge in [0.25, 0.3) is 0 Å².